The van der Waals surface area contributed by atoms with Crippen LogP contribution in [0.5, 0.6) is 5.75 Å². The molecule has 1 fully saturated rings. The number of nitrogens with zero attached hydrogens (tertiary/aromatic N) is 3. The molecule has 5 rings (SSSR count). The van der Waals surface area contributed by atoms with Crippen LogP contribution in [-0.2, 0) is 38.6 Å². The quantitative estimate of drug-likeness (QED) is 0.244. The highest BCUT2D eigenvalue weighted by atomic mass is 32.2. The number of halogens is 3. The molecule has 0 bridgehead atoms. The third-order valence-corrected chi connectivity index (χ3v) is 8.98. The number of rotatable bonds is 8. The maximum absolute atomic E-state index is 14.7. The normalized spacial score (nSPS) is 16.0. The average Bonchev–Trinajstić information content (AvgIpc) is 3.35. The van der Waals surface area contributed by atoms with Crippen molar-refractivity contribution >= 4 is 21.8 Å². The Morgan fingerprint density at radius 3 is 2.47 bits per heavy atom. The van der Waals surface area contributed by atoms with Gasteiger partial charge < -0.3 is 23.5 Å². The topological polar surface area (TPSA) is 111 Å². The predicted octanol–water partition coefficient (Wildman–Crippen LogP) is 5.99. The van der Waals surface area contributed by atoms with Crippen LogP contribution in [0.15, 0.2) is 65.7 Å². The van der Waals surface area contributed by atoms with Gasteiger partial charge in [-0.2, -0.15) is 13.2 Å². The van der Waals surface area contributed by atoms with E-state index in [1.807, 2.05) is 13.0 Å². The standard InChI is InChI=1S/C33H37F3N4O6S/c1-21-12-13-40-28(17-24-20-39(14-15-45-24)31(41)46-32(2,3)4)30(38-29(40)16-21)26-11-10-25(18-27(26)33(34,35)36)47(42,43)37-19-22-6-8-23(44-5)9-7-22/h6-13,16,18,24,37H,14-15,17,19-20H2,1-5H3/t24-/m0/s1. The van der Waals surface area contributed by atoms with Crippen LogP contribution in [0.1, 0.15) is 43.2 Å². The molecule has 2 aromatic carbocycles. The summed E-state index contributed by atoms with van der Waals surface area (Å²) < 4.78 is 90.9. The summed E-state index contributed by atoms with van der Waals surface area (Å²) in [7, 11) is -2.82. The van der Waals surface area contributed by atoms with Gasteiger partial charge >= 0.3 is 12.3 Å². The first-order chi connectivity index (χ1) is 22.0. The first-order valence-corrected chi connectivity index (χ1v) is 16.4. The molecule has 4 aromatic rings. The van der Waals surface area contributed by atoms with E-state index < -0.39 is 44.5 Å². The highest BCUT2D eigenvalue weighted by Gasteiger charge is 2.37. The van der Waals surface area contributed by atoms with E-state index in [0.717, 1.165) is 17.7 Å². The number of carbonyl (C=O) groups is 1. The van der Waals surface area contributed by atoms with Crippen molar-refractivity contribution in [3.05, 3.63) is 83.2 Å². The van der Waals surface area contributed by atoms with Crippen molar-refractivity contribution in [1.82, 2.24) is 19.0 Å². The number of aryl methyl sites for hydroxylation is 1. The molecule has 1 aliphatic rings. The molecule has 0 aliphatic carbocycles. The first kappa shape index (κ1) is 34.2. The summed E-state index contributed by atoms with van der Waals surface area (Å²) in [5.74, 6) is 0.582. The van der Waals surface area contributed by atoms with Crippen LogP contribution in [0.2, 0.25) is 0 Å². The van der Waals surface area contributed by atoms with Crippen LogP contribution in [0.25, 0.3) is 16.9 Å². The zero-order valence-electron chi connectivity index (χ0n) is 26.7. The number of amides is 1. The molecule has 10 nitrogen and oxygen atoms in total. The highest BCUT2D eigenvalue weighted by Crippen LogP contribution is 2.40. The van der Waals surface area contributed by atoms with E-state index >= 15 is 0 Å². The zero-order chi connectivity index (χ0) is 34.1. The van der Waals surface area contributed by atoms with Crippen molar-refractivity contribution in [1.29, 1.82) is 0 Å². The number of ether oxygens (including phenoxy) is 3. The third-order valence-electron chi connectivity index (χ3n) is 7.58. The maximum atomic E-state index is 14.7. The van der Waals surface area contributed by atoms with Gasteiger partial charge in [0, 0.05) is 31.3 Å². The predicted molar refractivity (Wildman–Crippen MR) is 169 cm³/mol. The second-order valence-electron chi connectivity index (χ2n) is 12.3. The number of alkyl halides is 3. The minimum Gasteiger partial charge on any atom is -0.497 e. The average molecular weight is 675 g/mol. The molecule has 14 heteroatoms. The molecule has 1 saturated heterocycles. The van der Waals surface area contributed by atoms with Gasteiger partial charge in [-0.25, -0.2) is 22.9 Å². The fourth-order valence-corrected chi connectivity index (χ4v) is 6.34. The van der Waals surface area contributed by atoms with Gasteiger partial charge in [-0.05, 0) is 75.2 Å². The molecule has 1 N–H and O–H groups in total. The smallest absolute Gasteiger partial charge is 0.417 e. The lowest BCUT2D eigenvalue weighted by atomic mass is 10.00. The van der Waals surface area contributed by atoms with Gasteiger partial charge in [-0.15, -0.1) is 0 Å². The molecule has 47 heavy (non-hydrogen) atoms. The monoisotopic (exact) mass is 674 g/mol. The number of hydrogen-bond donors (Lipinski definition) is 1. The minimum absolute atomic E-state index is 0.0380. The Balaban J connectivity index is 1.50. The van der Waals surface area contributed by atoms with E-state index in [1.54, 1.807) is 61.7 Å². The zero-order valence-corrected chi connectivity index (χ0v) is 27.5. The Hall–Kier alpha value is -4.14. The van der Waals surface area contributed by atoms with Gasteiger partial charge in [0.1, 0.15) is 17.0 Å². The molecule has 1 atom stereocenters. The van der Waals surface area contributed by atoms with E-state index in [2.05, 4.69) is 9.71 Å². The number of methoxy groups -OCH3 is 1. The Morgan fingerprint density at radius 1 is 1.09 bits per heavy atom. The van der Waals surface area contributed by atoms with E-state index in [1.165, 1.54) is 12.0 Å². The van der Waals surface area contributed by atoms with Crippen molar-refractivity contribution < 1.29 is 40.6 Å². The fourth-order valence-electron chi connectivity index (χ4n) is 5.30. The van der Waals surface area contributed by atoms with Crippen LogP contribution in [0.3, 0.4) is 0 Å². The summed E-state index contributed by atoms with van der Waals surface area (Å²) >= 11 is 0. The number of morpholine rings is 1. The van der Waals surface area contributed by atoms with Crippen LogP contribution >= 0.6 is 0 Å². The number of sulfonamides is 1. The van der Waals surface area contributed by atoms with E-state index in [4.69, 9.17) is 14.2 Å². The van der Waals surface area contributed by atoms with Crippen molar-refractivity contribution in [2.75, 3.05) is 26.8 Å². The number of pyridine rings is 1. The lowest BCUT2D eigenvalue weighted by molar-refractivity contribution is -0.137. The number of imidazole rings is 1. The van der Waals surface area contributed by atoms with Gasteiger partial charge in [0.2, 0.25) is 10.0 Å². The minimum atomic E-state index is -4.91. The van der Waals surface area contributed by atoms with Crippen molar-refractivity contribution in [3.63, 3.8) is 0 Å². The molecule has 1 aliphatic heterocycles. The van der Waals surface area contributed by atoms with Crippen LogP contribution < -0.4 is 9.46 Å². The van der Waals surface area contributed by atoms with Crippen LogP contribution in [0.4, 0.5) is 18.0 Å². The molecule has 0 saturated carbocycles. The number of benzene rings is 2. The Morgan fingerprint density at radius 2 is 1.81 bits per heavy atom. The van der Waals surface area contributed by atoms with E-state index in [0.29, 0.717) is 35.3 Å². The Kier molecular flexibility index (Phi) is 9.58. The fraction of sp³-hybridized carbons (Fsp3) is 0.394. The van der Waals surface area contributed by atoms with Gasteiger partial charge in [0.05, 0.1) is 48.2 Å². The SMILES string of the molecule is COc1ccc(CNS(=O)(=O)c2ccc(-c3nc4cc(C)ccn4c3C[C@H]3CN(C(=O)OC(C)(C)C)CCO3)c(C(F)(F)F)c2)cc1. The Bertz CT molecular complexity index is 1870. The molecule has 0 radical (unpaired) electrons. The van der Waals surface area contributed by atoms with E-state index in [9.17, 15) is 26.4 Å². The van der Waals surface area contributed by atoms with Crippen LogP contribution in [0, 0.1) is 6.92 Å². The molecular weight excluding hydrogens is 637 g/mol. The van der Waals surface area contributed by atoms with Gasteiger partial charge in [-0.1, -0.05) is 18.2 Å². The third kappa shape index (κ3) is 8.06. The number of carbonyl (C=O) groups excluding carboxylic acids is 1. The lowest BCUT2D eigenvalue weighted by Crippen LogP contribution is -2.48. The highest BCUT2D eigenvalue weighted by molar-refractivity contribution is 7.89. The van der Waals surface area contributed by atoms with E-state index in [-0.39, 0.29) is 37.4 Å². The molecule has 1 amide bonds. The van der Waals surface area contributed by atoms with Gasteiger partial charge in [0.25, 0.3) is 0 Å². The lowest BCUT2D eigenvalue weighted by Gasteiger charge is -2.34. The summed E-state index contributed by atoms with van der Waals surface area (Å²) in [5, 5.41) is 0. The number of fused-ring (bicyclic) bond motifs is 1. The second kappa shape index (κ2) is 13.2. The summed E-state index contributed by atoms with van der Waals surface area (Å²) in [6.45, 7) is 7.70. The molecule has 252 valence electrons. The van der Waals surface area contributed by atoms with Crippen LogP contribution in [-0.4, -0.2) is 67.3 Å². The van der Waals surface area contributed by atoms with Gasteiger partial charge in [-0.3, -0.25) is 0 Å². The molecule has 3 heterocycles. The number of aromatic nitrogens is 2. The summed E-state index contributed by atoms with van der Waals surface area (Å²) in [5.41, 5.74) is 0.213. The molecule has 0 spiro atoms. The Labute approximate surface area is 271 Å². The molecule has 2 aromatic heterocycles. The van der Waals surface area contributed by atoms with Gasteiger partial charge in [0.15, 0.2) is 0 Å². The summed E-state index contributed by atoms with van der Waals surface area (Å²) in [4.78, 5) is 18.3. The number of nitrogens with one attached hydrogen (secondary N) is 1. The number of hydrogen-bond acceptors (Lipinski definition) is 7. The summed E-state index contributed by atoms with van der Waals surface area (Å²) in [6.07, 6.45) is -4.13. The largest absolute Gasteiger partial charge is 0.497 e. The molecule has 0 unspecified atom stereocenters. The van der Waals surface area contributed by atoms with Crippen molar-refractivity contribution in [2.45, 2.75) is 63.4 Å². The maximum Gasteiger partial charge on any atom is 0.417 e. The molecular formula is C33H37F3N4O6S. The summed E-state index contributed by atoms with van der Waals surface area (Å²) in [6, 6.07) is 13.1. The van der Waals surface area contributed by atoms with Crippen molar-refractivity contribution in [2.24, 2.45) is 0 Å². The first-order valence-electron chi connectivity index (χ1n) is 15.0. The van der Waals surface area contributed by atoms with Crippen molar-refractivity contribution in [3.8, 4) is 17.0 Å². The second-order valence-corrected chi connectivity index (χ2v) is 14.1.